The van der Waals surface area contributed by atoms with E-state index in [1.807, 2.05) is 12.1 Å². The first-order valence-electron chi connectivity index (χ1n) is 14.9. The summed E-state index contributed by atoms with van der Waals surface area (Å²) in [6.07, 6.45) is 3.89. The second kappa shape index (κ2) is 11.8. The number of benzene rings is 2. The minimum absolute atomic E-state index is 0.0760. The number of aliphatic hydroxyl groups is 1. The highest BCUT2D eigenvalue weighted by molar-refractivity contribution is 6.31. The summed E-state index contributed by atoms with van der Waals surface area (Å²) in [5, 5.41) is 22.6. The van der Waals surface area contributed by atoms with Crippen molar-refractivity contribution in [3.05, 3.63) is 58.6 Å². The van der Waals surface area contributed by atoms with Crippen LogP contribution in [0.4, 0.5) is 5.69 Å². The first-order valence-corrected chi connectivity index (χ1v) is 15.3. The van der Waals surface area contributed by atoms with Gasteiger partial charge >= 0.3 is 0 Å². The molecule has 0 atom stereocenters. The lowest BCUT2D eigenvalue weighted by atomic mass is 9.49. The van der Waals surface area contributed by atoms with Crippen molar-refractivity contribution in [1.82, 2.24) is 10.2 Å². The molecule has 1 saturated carbocycles. The van der Waals surface area contributed by atoms with Crippen LogP contribution in [0.2, 0.25) is 5.02 Å². The van der Waals surface area contributed by atoms with E-state index in [0.29, 0.717) is 27.8 Å². The highest BCUT2D eigenvalue weighted by atomic mass is 35.5. The van der Waals surface area contributed by atoms with Gasteiger partial charge in [-0.25, -0.2) is 0 Å². The zero-order valence-electron chi connectivity index (χ0n) is 24.7. The Hall–Kier alpha value is -2.79. The van der Waals surface area contributed by atoms with E-state index in [1.54, 1.807) is 18.2 Å². The molecule has 0 aromatic heterocycles. The van der Waals surface area contributed by atoms with Gasteiger partial charge in [-0.3, -0.25) is 4.79 Å². The number of carbonyl (C=O) groups excluding carboxylic acids is 1. The SMILES string of the molecule is CC1(C)C(NC(=O)c2ccc(N3CCC(CN4CCC(O)CC4)CC3)cc2)C(C)(C)C1Oc1ccc(C#N)c(Cl)c1. The van der Waals surface area contributed by atoms with Crippen LogP contribution in [0.5, 0.6) is 5.75 Å². The second-order valence-electron chi connectivity index (χ2n) is 13.3. The molecule has 2 aromatic carbocycles. The number of hydrogen-bond donors (Lipinski definition) is 2. The molecule has 7 nitrogen and oxygen atoms in total. The predicted octanol–water partition coefficient (Wildman–Crippen LogP) is 5.50. The number of halogens is 1. The van der Waals surface area contributed by atoms with Gasteiger partial charge in [-0.2, -0.15) is 5.26 Å². The molecule has 0 spiro atoms. The zero-order valence-corrected chi connectivity index (χ0v) is 25.5. The normalized spacial score (nSPS) is 24.8. The van der Waals surface area contributed by atoms with Gasteiger partial charge in [-0.1, -0.05) is 39.3 Å². The van der Waals surface area contributed by atoms with Crippen LogP contribution in [-0.4, -0.2) is 66.9 Å². The number of amides is 1. The smallest absolute Gasteiger partial charge is 0.251 e. The number of carbonyl (C=O) groups is 1. The molecular formula is C33H43ClN4O3. The molecular weight excluding hydrogens is 536 g/mol. The van der Waals surface area contributed by atoms with Gasteiger partial charge in [-0.15, -0.1) is 0 Å². The van der Waals surface area contributed by atoms with E-state index in [2.05, 4.69) is 61.0 Å². The van der Waals surface area contributed by atoms with Crippen LogP contribution in [-0.2, 0) is 0 Å². The summed E-state index contributed by atoms with van der Waals surface area (Å²) in [5.41, 5.74) is 1.63. The Labute approximate surface area is 249 Å². The molecule has 0 radical (unpaired) electrons. The summed E-state index contributed by atoms with van der Waals surface area (Å²) in [6.45, 7) is 13.7. The molecule has 1 aliphatic carbocycles. The van der Waals surface area contributed by atoms with E-state index in [9.17, 15) is 9.90 Å². The van der Waals surface area contributed by atoms with E-state index in [-0.39, 0.29) is 35.0 Å². The van der Waals surface area contributed by atoms with Gasteiger partial charge in [0.1, 0.15) is 17.9 Å². The van der Waals surface area contributed by atoms with E-state index >= 15 is 0 Å². The van der Waals surface area contributed by atoms with E-state index in [4.69, 9.17) is 21.6 Å². The molecule has 8 heteroatoms. The summed E-state index contributed by atoms with van der Waals surface area (Å²) in [6, 6.07) is 15.1. The van der Waals surface area contributed by atoms with Crippen molar-refractivity contribution in [2.24, 2.45) is 16.7 Å². The van der Waals surface area contributed by atoms with Crippen LogP contribution in [0.25, 0.3) is 0 Å². The fraction of sp³-hybridized carbons (Fsp3) is 0.576. The monoisotopic (exact) mass is 578 g/mol. The lowest BCUT2D eigenvalue weighted by molar-refractivity contribution is -0.164. The summed E-state index contributed by atoms with van der Waals surface area (Å²) >= 11 is 6.22. The number of piperidine rings is 2. The van der Waals surface area contributed by atoms with Crippen LogP contribution in [0.3, 0.4) is 0 Å². The lowest BCUT2D eigenvalue weighted by Gasteiger charge is -2.63. The molecule has 0 unspecified atom stereocenters. The maximum Gasteiger partial charge on any atom is 0.251 e. The highest BCUT2D eigenvalue weighted by Crippen LogP contribution is 2.55. The Balaban J connectivity index is 1.14. The summed E-state index contributed by atoms with van der Waals surface area (Å²) in [5.74, 6) is 1.26. The summed E-state index contributed by atoms with van der Waals surface area (Å²) < 4.78 is 6.35. The third-order valence-corrected chi connectivity index (χ3v) is 9.93. The number of nitrogens with one attached hydrogen (secondary N) is 1. The fourth-order valence-electron chi connectivity index (χ4n) is 7.47. The van der Waals surface area contributed by atoms with Crippen LogP contribution in [0.15, 0.2) is 42.5 Å². The minimum Gasteiger partial charge on any atom is -0.489 e. The minimum atomic E-state index is -0.308. The maximum atomic E-state index is 13.3. The van der Waals surface area contributed by atoms with Crippen molar-refractivity contribution < 1.29 is 14.6 Å². The Kier molecular flexibility index (Phi) is 8.57. The Morgan fingerprint density at radius 3 is 2.24 bits per heavy atom. The third-order valence-electron chi connectivity index (χ3n) is 9.61. The fourth-order valence-corrected chi connectivity index (χ4v) is 7.69. The maximum absolute atomic E-state index is 13.3. The van der Waals surface area contributed by atoms with E-state index < -0.39 is 0 Å². The van der Waals surface area contributed by atoms with Gasteiger partial charge < -0.3 is 25.0 Å². The first-order chi connectivity index (χ1) is 19.5. The Morgan fingerprint density at radius 2 is 1.66 bits per heavy atom. The number of nitriles is 1. The van der Waals surface area contributed by atoms with Crippen LogP contribution in [0, 0.1) is 28.1 Å². The standard InChI is InChI=1S/C33H43ClN4O3/c1-32(2)30(33(3,4)31(32)41-27-10-7-24(20-35)28(34)19-27)36-29(40)23-5-8-25(9-6-23)38-17-11-22(12-18-38)21-37-15-13-26(39)14-16-37/h5-10,19,22,26,30-31,39H,11-18,21H2,1-4H3,(H,36,40). The number of rotatable bonds is 7. The van der Waals surface area contributed by atoms with Crippen molar-refractivity contribution in [2.45, 2.75) is 71.6 Å². The Bertz CT molecular complexity index is 1260. The Morgan fingerprint density at radius 1 is 1.02 bits per heavy atom. The predicted molar refractivity (Wildman–Crippen MR) is 162 cm³/mol. The molecule has 220 valence electrons. The van der Waals surface area contributed by atoms with Gasteiger partial charge in [0.25, 0.3) is 5.91 Å². The van der Waals surface area contributed by atoms with Gasteiger partial charge in [0.05, 0.1) is 16.7 Å². The molecule has 5 rings (SSSR count). The highest BCUT2D eigenvalue weighted by Gasteiger charge is 2.64. The van der Waals surface area contributed by atoms with Crippen LogP contribution < -0.4 is 15.0 Å². The molecule has 2 saturated heterocycles. The third kappa shape index (κ3) is 6.21. The van der Waals surface area contributed by atoms with Crippen LogP contribution in [0.1, 0.15) is 69.3 Å². The second-order valence-corrected chi connectivity index (χ2v) is 13.7. The molecule has 1 amide bonds. The van der Waals surface area contributed by atoms with Crippen molar-refractivity contribution >= 4 is 23.2 Å². The summed E-state index contributed by atoms with van der Waals surface area (Å²) in [7, 11) is 0. The molecule has 41 heavy (non-hydrogen) atoms. The molecule has 2 heterocycles. The largest absolute Gasteiger partial charge is 0.489 e. The number of anilines is 1. The van der Waals surface area contributed by atoms with Crippen molar-refractivity contribution in [1.29, 1.82) is 5.26 Å². The summed E-state index contributed by atoms with van der Waals surface area (Å²) in [4.78, 5) is 18.2. The molecule has 2 N–H and O–H groups in total. The van der Waals surface area contributed by atoms with Gasteiger partial charge in [0, 0.05) is 66.9 Å². The van der Waals surface area contributed by atoms with Crippen molar-refractivity contribution in [2.75, 3.05) is 37.6 Å². The average Bonchev–Trinajstić information content (AvgIpc) is 2.96. The van der Waals surface area contributed by atoms with E-state index in [0.717, 1.165) is 45.6 Å². The lowest BCUT2D eigenvalue weighted by Crippen LogP contribution is -2.74. The molecule has 2 aliphatic heterocycles. The number of aliphatic hydroxyl groups excluding tert-OH is 1. The van der Waals surface area contributed by atoms with Gasteiger partial charge in [0.15, 0.2) is 0 Å². The number of hydrogen-bond acceptors (Lipinski definition) is 6. The number of ether oxygens (including phenoxy) is 1. The van der Waals surface area contributed by atoms with Gasteiger partial charge in [0.2, 0.25) is 0 Å². The molecule has 3 aliphatic rings. The van der Waals surface area contributed by atoms with Gasteiger partial charge in [-0.05, 0) is 68.0 Å². The van der Waals surface area contributed by atoms with E-state index in [1.165, 1.54) is 18.5 Å². The quantitative estimate of drug-likeness (QED) is 0.451. The zero-order chi connectivity index (χ0) is 29.4. The van der Waals surface area contributed by atoms with Crippen molar-refractivity contribution in [3.63, 3.8) is 0 Å². The molecule has 0 bridgehead atoms. The van der Waals surface area contributed by atoms with Crippen molar-refractivity contribution in [3.8, 4) is 11.8 Å². The number of likely N-dealkylation sites (tertiary alicyclic amines) is 1. The first kappa shape index (κ1) is 29.7. The number of nitrogens with zero attached hydrogens (tertiary/aromatic N) is 3. The molecule has 3 fully saturated rings. The molecule has 2 aromatic rings. The average molecular weight is 579 g/mol. The van der Waals surface area contributed by atoms with Crippen LogP contribution >= 0.6 is 11.6 Å². The topological polar surface area (TPSA) is 88.8 Å².